The highest BCUT2D eigenvalue weighted by Crippen LogP contribution is 2.24. The fourth-order valence-corrected chi connectivity index (χ4v) is 3.39. The molecule has 0 aliphatic rings. The molecule has 0 heterocycles. The molecule has 0 spiro atoms. The predicted molar refractivity (Wildman–Crippen MR) is 123 cm³/mol. The van der Waals surface area contributed by atoms with E-state index < -0.39 is 0 Å². The second kappa shape index (κ2) is 9.39. The summed E-state index contributed by atoms with van der Waals surface area (Å²) in [4.78, 5) is 0. The van der Waals surface area contributed by atoms with E-state index in [1.165, 1.54) is 38.9 Å². The van der Waals surface area contributed by atoms with Gasteiger partial charge < -0.3 is 0 Å². The number of rotatable bonds is 2. The third kappa shape index (κ3) is 5.58. The molecule has 0 amide bonds. The summed E-state index contributed by atoms with van der Waals surface area (Å²) in [6.07, 6.45) is 0. The van der Waals surface area contributed by atoms with Gasteiger partial charge in [-0.05, 0) is 60.7 Å². The van der Waals surface area contributed by atoms with Gasteiger partial charge in [0.15, 0.2) is 0 Å². The molecule has 140 valence electrons. The van der Waals surface area contributed by atoms with Crippen molar-refractivity contribution in [3.63, 3.8) is 0 Å². The van der Waals surface area contributed by atoms with Crippen molar-refractivity contribution in [3.8, 4) is 22.3 Å². The highest BCUT2D eigenvalue weighted by atomic mass is 35.5. The fourth-order valence-electron chi connectivity index (χ4n) is 3.10. The Hall–Kier alpha value is -2.83. The molecule has 0 N–H and O–H groups in total. The van der Waals surface area contributed by atoms with E-state index in [2.05, 4.69) is 99.6 Å². The van der Waals surface area contributed by atoms with Crippen LogP contribution in [0.3, 0.4) is 0 Å². The standard InChI is InChI=1S/C14H13Cl.C13H12/c1-10-3-5-12(6-4-10)13-7-11(2)8-14(15)9-13;1-11-6-5-9-13(10-11)12-7-3-2-4-8-12/h3-9H,1-2H3;2-10H,1H3. The topological polar surface area (TPSA) is 0 Å². The Morgan fingerprint density at radius 3 is 1.68 bits per heavy atom. The highest BCUT2D eigenvalue weighted by Gasteiger charge is 1.99. The summed E-state index contributed by atoms with van der Waals surface area (Å²) in [7, 11) is 0. The van der Waals surface area contributed by atoms with Crippen LogP contribution in [-0.4, -0.2) is 0 Å². The molecule has 0 nitrogen and oxygen atoms in total. The van der Waals surface area contributed by atoms with Crippen molar-refractivity contribution in [2.24, 2.45) is 0 Å². The molecule has 0 atom stereocenters. The van der Waals surface area contributed by atoms with Crippen LogP contribution in [0.1, 0.15) is 16.7 Å². The van der Waals surface area contributed by atoms with Crippen LogP contribution in [-0.2, 0) is 0 Å². The maximum atomic E-state index is 6.03. The molecular formula is C27H25Cl. The molecule has 4 rings (SSSR count). The zero-order valence-electron chi connectivity index (χ0n) is 16.6. The first-order valence-corrected chi connectivity index (χ1v) is 9.85. The van der Waals surface area contributed by atoms with Gasteiger partial charge in [-0.15, -0.1) is 0 Å². The van der Waals surface area contributed by atoms with Gasteiger partial charge in [-0.25, -0.2) is 0 Å². The van der Waals surface area contributed by atoms with E-state index in [1.807, 2.05) is 18.2 Å². The number of aryl methyl sites for hydroxylation is 3. The first-order valence-electron chi connectivity index (χ1n) is 9.47. The average Bonchev–Trinajstić information content (AvgIpc) is 2.69. The monoisotopic (exact) mass is 384 g/mol. The van der Waals surface area contributed by atoms with Crippen molar-refractivity contribution in [2.45, 2.75) is 20.8 Å². The second-order valence-corrected chi connectivity index (χ2v) is 7.56. The third-order valence-electron chi connectivity index (χ3n) is 4.55. The Kier molecular flexibility index (Phi) is 6.68. The van der Waals surface area contributed by atoms with E-state index >= 15 is 0 Å². The molecule has 0 unspecified atom stereocenters. The lowest BCUT2D eigenvalue weighted by Gasteiger charge is -2.04. The molecule has 0 saturated carbocycles. The van der Waals surface area contributed by atoms with Gasteiger partial charge in [0.05, 0.1) is 0 Å². The highest BCUT2D eigenvalue weighted by molar-refractivity contribution is 6.30. The smallest absolute Gasteiger partial charge is 0.0414 e. The molecule has 4 aromatic rings. The Balaban J connectivity index is 0.000000162. The SMILES string of the molecule is Cc1ccc(-c2cc(C)cc(Cl)c2)cc1.Cc1cccc(-c2ccccc2)c1. The normalized spacial score (nSPS) is 10.1. The number of benzene rings is 4. The third-order valence-corrected chi connectivity index (χ3v) is 4.77. The van der Waals surface area contributed by atoms with Crippen molar-refractivity contribution >= 4 is 11.6 Å². The van der Waals surface area contributed by atoms with Crippen molar-refractivity contribution in [2.75, 3.05) is 0 Å². The summed E-state index contributed by atoms with van der Waals surface area (Å²) < 4.78 is 0. The second-order valence-electron chi connectivity index (χ2n) is 7.12. The predicted octanol–water partition coefficient (Wildman–Crippen LogP) is 8.29. The van der Waals surface area contributed by atoms with Crippen molar-refractivity contribution in [1.82, 2.24) is 0 Å². The van der Waals surface area contributed by atoms with Gasteiger partial charge in [0.2, 0.25) is 0 Å². The lowest BCUT2D eigenvalue weighted by molar-refractivity contribution is 1.44. The van der Waals surface area contributed by atoms with E-state index in [4.69, 9.17) is 11.6 Å². The maximum Gasteiger partial charge on any atom is 0.0414 e. The molecule has 0 aliphatic carbocycles. The van der Waals surface area contributed by atoms with Crippen molar-refractivity contribution in [3.05, 3.63) is 119 Å². The van der Waals surface area contributed by atoms with Gasteiger partial charge in [-0.2, -0.15) is 0 Å². The van der Waals surface area contributed by atoms with Crippen molar-refractivity contribution < 1.29 is 0 Å². The fraction of sp³-hybridized carbons (Fsp3) is 0.111. The molecular weight excluding hydrogens is 360 g/mol. The number of hydrogen-bond acceptors (Lipinski definition) is 0. The number of hydrogen-bond donors (Lipinski definition) is 0. The first-order chi connectivity index (χ1) is 13.5. The Morgan fingerprint density at radius 2 is 1.04 bits per heavy atom. The molecule has 1 heteroatoms. The van der Waals surface area contributed by atoms with Crippen LogP contribution in [0.15, 0.2) is 97.1 Å². The average molecular weight is 385 g/mol. The summed E-state index contributed by atoms with van der Waals surface area (Å²) in [5, 5.41) is 0.797. The summed E-state index contributed by atoms with van der Waals surface area (Å²) in [6, 6.07) is 33.6. The van der Waals surface area contributed by atoms with Gasteiger partial charge in [0, 0.05) is 5.02 Å². The largest absolute Gasteiger partial charge is 0.0843 e. The van der Waals surface area contributed by atoms with Crippen LogP contribution in [0.5, 0.6) is 0 Å². The van der Waals surface area contributed by atoms with E-state index in [-0.39, 0.29) is 0 Å². The first kappa shape index (κ1) is 19.9. The lowest BCUT2D eigenvalue weighted by atomic mass is 10.0. The van der Waals surface area contributed by atoms with E-state index in [0.717, 1.165) is 5.02 Å². The minimum absolute atomic E-state index is 0.797. The minimum atomic E-state index is 0.797. The summed E-state index contributed by atoms with van der Waals surface area (Å²) in [6.45, 7) is 6.27. The van der Waals surface area contributed by atoms with Gasteiger partial charge in [0.1, 0.15) is 0 Å². The molecule has 4 aromatic carbocycles. The lowest BCUT2D eigenvalue weighted by Crippen LogP contribution is -1.81. The van der Waals surface area contributed by atoms with Gasteiger partial charge in [-0.3, -0.25) is 0 Å². The van der Waals surface area contributed by atoms with Gasteiger partial charge in [0.25, 0.3) is 0 Å². The minimum Gasteiger partial charge on any atom is -0.0843 e. The Bertz CT molecular complexity index is 1010. The molecule has 0 fully saturated rings. The summed E-state index contributed by atoms with van der Waals surface area (Å²) in [5.41, 5.74) is 8.75. The van der Waals surface area contributed by atoms with E-state index in [0.29, 0.717) is 0 Å². The Labute approximate surface area is 173 Å². The molecule has 0 radical (unpaired) electrons. The Morgan fingerprint density at radius 1 is 0.429 bits per heavy atom. The molecule has 28 heavy (non-hydrogen) atoms. The summed E-state index contributed by atoms with van der Waals surface area (Å²) in [5.74, 6) is 0. The summed E-state index contributed by atoms with van der Waals surface area (Å²) >= 11 is 6.03. The molecule has 0 aromatic heterocycles. The van der Waals surface area contributed by atoms with Crippen LogP contribution in [0, 0.1) is 20.8 Å². The van der Waals surface area contributed by atoms with E-state index in [1.54, 1.807) is 0 Å². The van der Waals surface area contributed by atoms with Crippen LogP contribution < -0.4 is 0 Å². The zero-order valence-corrected chi connectivity index (χ0v) is 17.4. The zero-order chi connectivity index (χ0) is 19.9. The quantitative estimate of drug-likeness (QED) is 0.326. The van der Waals surface area contributed by atoms with Crippen LogP contribution in [0.4, 0.5) is 0 Å². The van der Waals surface area contributed by atoms with Crippen molar-refractivity contribution in [1.29, 1.82) is 0 Å². The van der Waals surface area contributed by atoms with Gasteiger partial charge in [-0.1, -0.05) is 108 Å². The van der Waals surface area contributed by atoms with Gasteiger partial charge >= 0.3 is 0 Å². The van der Waals surface area contributed by atoms with Crippen LogP contribution in [0.2, 0.25) is 5.02 Å². The molecule has 0 saturated heterocycles. The maximum absolute atomic E-state index is 6.03. The number of halogens is 1. The molecule has 0 bridgehead atoms. The molecule has 0 aliphatic heterocycles. The van der Waals surface area contributed by atoms with Crippen LogP contribution >= 0.6 is 11.6 Å². The van der Waals surface area contributed by atoms with E-state index in [9.17, 15) is 0 Å². The van der Waals surface area contributed by atoms with Crippen LogP contribution in [0.25, 0.3) is 22.3 Å².